The van der Waals surface area contributed by atoms with Gasteiger partial charge in [0.05, 0.1) is 15.6 Å². The highest BCUT2D eigenvalue weighted by Gasteiger charge is 2.19. The van der Waals surface area contributed by atoms with E-state index in [-0.39, 0.29) is 10.6 Å². The summed E-state index contributed by atoms with van der Waals surface area (Å²) in [5.41, 5.74) is 0.724. The minimum Gasteiger partial charge on any atom is -0.449 e. The summed E-state index contributed by atoms with van der Waals surface area (Å²) in [5, 5.41) is 3.66. The summed E-state index contributed by atoms with van der Waals surface area (Å²) in [7, 11) is 0. The van der Waals surface area contributed by atoms with Crippen LogP contribution in [0, 0.1) is 0 Å². The lowest BCUT2D eigenvalue weighted by molar-refractivity contribution is -0.123. The van der Waals surface area contributed by atoms with Crippen LogP contribution in [0.4, 0.5) is 5.69 Å². The molecule has 1 amide bonds. The van der Waals surface area contributed by atoms with E-state index in [0.717, 1.165) is 0 Å². The molecule has 0 radical (unpaired) electrons. The molecule has 0 aliphatic rings. The van der Waals surface area contributed by atoms with Crippen LogP contribution in [0.3, 0.4) is 0 Å². The smallest absolute Gasteiger partial charge is 0.338 e. The number of rotatable bonds is 4. The third kappa shape index (κ3) is 4.86. The molecule has 0 heterocycles. The van der Waals surface area contributed by atoms with E-state index >= 15 is 0 Å². The van der Waals surface area contributed by atoms with Gasteiger partial charge in [-0.05, 0) is 43.3 Å². The van der Waals surface area contributed by atoms with Crippen molar-refractivity contribution in [2.45, 2.75) is 13.0 Å². The van der Waals surface area contributed by atoms with Gasteiger partial charge in [-0.25, -0.2) is 4.79 Å². The van der Waals surface area contributed by atoms with E-state index in [2.05, 4.69) is 5.32 Å². The number of halogens is 3. The molecule has 0 aliphatic heterocycles. The van der Waals surface area contributed by atoms with Gasteiger partial charge >= 0.3 is 5.97 Å². The molecule has 0 spiro atoms. The molecule has 0 aromatic heterocycles. The number of hydrogen-bond acceptors (Lipinski definition) is 3. The Balaban J connectivity index is 2.00. The molecule has 0 fully saturated rings. The number of carbonyl (C=O) groups excluding carboxylic acids is 2. The van der Waals surface area contributed by atoms with E-state index in [4.69, 9.17) is 39.5 Å². The average Bonchev–Trinajstić information content (AvgIpc) is 2.49. The van der Waals surface area contributed by atoms with Crippen LogP contribution in [0.15, 0.2) is 42.5 Å². The maximum Gasteiger partial charge on any atom is 0.338 e. The molecule has 7 heteroatoms. The summed E-state index contributed by atoms with van der Waals surface area (Å²) in [6.07, 6.45) is -0.990. The molecule has 0 saturated carbocycles. The highest BCUT2D eigenvalue weighted by atomic mass is 35.5. The first-order chi connectivity index (χ1) is 10.9. The first-order valence-corrected chi connectivity index (χ1v) is 7.72. The Morgan fingerprint density at radius 1 is 1.04 bits per heavy atom. The number of nitrogens with one attached hydrogen (secondary N) is 1. The molecular formula is C16H12Cl3NO3. The first kappa shape index (κ1) is 17.6. The lowest BCUT2D eigenvalue weighted by atomic mass is 10.2. The van der Waals surface area contributed by atoms with E-state index in [1.807, 2.05) is 0 Å². The summed E-state index contributed by atoms with van der Waals surface area (Å²) < 4.78 is 5.11. The molecule has 2 aromatic rings. The van der Waals surface area contributed by atoms with Gasteiger partial charge in [-0.3, -0.25) is 4.79 Å². The Hall–Kier alpha value is -1.75. The Kier molecular flexibility index (Phi) is 5.88. The highest BCUT2D eigenvalue weighted by molar-refractivity contribution is 6.42. The van der Waals surface area contributed by atoms with Crippen molar-refractivity contribution >= 4 is 52.4 Å². The third-order valence-electron chi connectivity index (χ3n) is 2.90. The van der Waals surface area contributed by atoms with Crippen molar-refractivity contribution in [3.05, 3.63) is 63.1 Å². The van der Waals surface area contributed by atoms with Crippen molar-refractivity contribution in [2.24, 2.45) is 0 Å². The van der Waals surface area contributed by atoms with Crippen molar-refractivity contribution in [2.75, 3.05) is 5.32 Å². The van der Waals surface area contributed by atoms with Gasteiger partial charge in [0.1, 0.15) is 0 Å². The molecule has 0 saturated heterocycles. The van der Waals surface area contributed by atoms with Crippen molar-refractivity contribution < 1.29 is 14.3 Å². The summed E-state index contributed by atoms with van der Waals surface area (Å²) in [6, 6.07) is 11.0. The molecule has 120 valence electrons. The second-order valence-electron chi connectivity index (χ2n) is 4.68. The molecule has 0 aliphatic carbocycles. The number of ether oxygens (including phenoxy) is 1. The number of benzene rings is 2. The standard InChI is InChI=1S/C16H12Cl3NO3/c1-9(15(21)20-12-4-2-3-11(17)8-12)23-16(22)10-5-6-13(18)14(19)7-10/h2-9H,1H3,(H,20,21)/t9-/m1/s1. The fourth-order valence-electron chi connectivity index (χ4n) is 1.72. The van der Waals surface area contributed by atoms with Crippen LogP contribution in [-0.2, 0) is 9.53 Å². The Bertz CT molecular complexity index is 749. The minimum absolute atomic E-state index is 0.210. The van der Waals surface area contributed by atoms with Crippen LogP contribution >= 0.6 is 34.8 Å². The van der Waals surface area contributed by atoms with Gasteiger partial charge < -0.3 is 10.1 Å². The lowest BCUT2D eigenvalue weighted by Crippen LogP contribution is -2.30. The Labute approximate surface area is 148 Å². The largest absolute Gasteiger partial charge is 0.449 e. The van der Waals surface area contributed by atoms with Crippen molar-refractivity contribution in [1.82, 2.24) is 0 Å². The topological polar surface area (TPSA) is 55.4 Å². The number of amides is 1. The second-order valence-corrected chi connectivity index (χ2v) is 5.93. The maximum absolute atomic E-state index is 12.0. The number of anilines is 1. The molecule has 1 N–H and O–H groups in total. The zero-order valence-corrected chi connectivity index (χ0v) is 14.2. The van der Waals surface area contributed by atoms with Crippen LogP contribution in [-0.4, -0.2) is 18.0 Å². The Morgan fingerprint density at radius 3 is 2.43 bits per heavy atom. The SMILES string of the molecule is C[C@@H](OC(=O)c1ccc(Cl)c(Cl)c1)C(=O)Nc1cccc(Cl)c1. The lowest BCUT2D eigenvalue weighted by Gasteiger charge is -2.14. The molecule has 0 bridgehead atoms. The molecule has 2 rings (SSSR count). The molecule has 1 atom stereocenters. The quantitative estimate of drug-likeness (QED) is 0.782. The van der Waals surface area contributed by atoms with Crippen molar-refractivity contribution in [1.29, 1.82) is 0 Å². The van der Waals surface area contributed by atoms with Gasteiger partial charge in [0.2, 0.25) is 0 Å². The summed E-state index contributed by atoms with van der Waals surface area (Å²) in [5.74, 6) is -1.14. The maximum atomic E-state index is 12.0. The van der Waals surface area contributed by atoms with E-state index in [0.29, 0.717) is 15.7 Å². The average molecular weight is 373 g/mol. The first-order valence-electron chi connectivity index (χ1n) is 6.59. The molecule has 23 heavy (non-hydrogen) atoms. The number of esters is 1. The second kappa shape index (κ2) is 7.68. The van der Waals surface area contributed by atoms with Crippen LogP contribution in [0.5, 0.6) is 0 Å². The van der Waals surface area contributed by atoms with Gasteiger partial charge in [0.25, 0.3) is 5.91 Å². The van der Waals surface area contributed by atoms with E-state index in [1.165, 1.54) is 25.1 Å². The van der Waals surface area contributed by atoms with Crippen LogP contribution in [0.25, 0.3) is 0 Å². The number of carbonyl (C=O) groups is 2. The van der Waals surface area contributed by atoms with Crippen molar-refractivity contribution in [3.8, 4) is 0 Å². The van der Waals surface area contributed by atoms with E-state index in [1.54, 1.807) is 24.3 Å². The Morgan fingerprint density at radius 2 is 1.78 bits per heavy atom. The molecular weight excluding hydrogens is 361 g/mol. The van der Waals surface area contributed by atoms with Crippen LogP contribution in [0.2, 0.25) is 15.1 Å². The third-order valence-corrected chi connectivity index (χ3v) is 3.87. The summed E-state index contributed by atoms with van der Waals surface area (Å²) in [4.78, 5) is 24.0. The number of hydrogen-bond donors (Lipinski definition) is 1. The van der Waals surface area contributed by atoms with Gasteiger partial charge in [-0.2, -0.15) is 0 Å². The minimum atomic E-state index is -0.990. The monoisotopic (exact) mass is 371 g/mol. The van der Waals surface area contributed by atoms with Crippen LogP contribution in [0.1, 0.15) is 17.3 Å². The predicted octanol–water partition coefficient (Wildman–Crippen LogP) is 4.83. The van der Waals surface area contributed by atoms with Gasteiger partial charge in [-0.15, -0.1) is 0 Å². The normalized spacial score (nSPS) is 11.7. The molecule has 2 aromatic carbocycles. The van der Waals surface area contributed by atoms with E-state index in [9.17, 15) is 9.59 Å². The van der Waals surface area contributed by atoms with Gasteiger partial charge in [0, 0.05) is 10.7 Å². The highest BCUT2D eigenvalue weighted by Crippen LogP contribution is 2.23. The van der Waals surface area contributed by atoms with Crippen LogP contribution < -0.4 is 5.32 Å². The van der Waals surface area contributed by atoms with Gasteiger partial charge in [-0.1, -0.05) is 40.9 Å². The fourth-order valence-corrected chi connectivity index (χ4v) is 2.20. The van der Waals surface area contributed by atoms with Gasteiger partial charge in [0.15, 0.2) is 6.10 Å². The molecule has 0 unspecified atom stereocenters. The van der Waals surface area contributed by atoms with Crippen molar-refractivity contribution in [3.63, 3.8) is 0 Å². The summed E-state index contributed by atoms with van der Waals surface area (Å²) in [6.45, 7) is 1.47. The summed E-state index contributed by atoms with van der Waals surface area (Å²) >= 11 is 17.5. The zero-order valence-electron chi connectivity index (χ0n) is 12.0. The fraction of sp³-hybridized carbons (Fsp3) is 0.125. The van der Waals surface area contributed by atoms with E-state index < -0.39 is 18.0 Å². The zero-order chi connectivity index (χ0) is 17.0. The molecule has 4 nitrogen and oxygen atoms in total. The predicted molar refractivity (Wildman–Crippen MR) is 91.4 cm³/mol.